The molecule has 0 radical (unpaired) electrons. The Bertz CT molecular complexity index is 2700. The molecule has 0 saturated heterocycles. The van der Waals surface area contributed by atoms with Gasteiger partial charge in [-0.25, -0.2) is 19.6 Å². The summed E-state index contributed by atoms with van der Waals surface area (Å²) >= 11 is 2.39. The number of aromatic nitrogens is 4. The summed E-state index contributed by atoms with van der Waals surface area (Å²) in [7, 11) is 0. The van der Waals surface area contributed by atoms with Gasteiger partial charge in [-0.05, 0) is 92.3 Å². The number of aryl methyl sites for hydroxylation is 4. The van der Waals surface area contributed by atoms with E-state index in [0.29, 0.717) is 24.7 Å². The Morgan fingerprint density at radius 2 is 1.24 bits per heavy atom. The Morgan fingerprint density at radius 1 is 0.636 bits per heavy atom. The van der Waals surface area contributed by atoms with Crippen molar-refractivity contribution in [2.24, 2.45) is 0 Å². The second kappa shape index (κ2) is 15.6. The number of nitrogens with zero attached hydrogens (tertiary/aromatic N) is 4. The van der Waals surface area contributed by atoms with Gasteiger partial charge in [-0.15, -0.1) is 22.7 Å². The maximum Gasteiger partial charge on any atom is 0.349 e. The summed E-state index contributed by atoms with van der Waals surface area (Å²) in [6.45, 7) is 10.6. The smallest absolute Gasteiger partial charge is 0.349 e. The van der Waals surface area contributed by atoms with Gasteiger partial charge >= 0.3 is 11.9 Å². The molecule has 0 aliphatic rings. The van der Waals surface area contributed by atoms with Crippen LogP contribution in [0.25, 0.3) is 32.1 Å². The van der Waals surface area contributed by atoms with E-state index in [0.717, 1.165) is 71.0 Å². The van der Waals surface area contributed by atoms with Crippen molar-refractivity contribution in [1.82, 2.24) is 19.1 Å². The molecule has 4 aromatic carbocycles. The molecule has 0 aliphatic carbocycles. The first-order valence-corrected chi connectivity index (χ1v) is 19.1. The van der Waals surface area contributed by atoms with Crippen LogP contribution in [0.5, 0.6) is 11.5 Å². The second-order valence-corrected chi connectivity index (χ2v) is 15.3. The molecule has 0 atom stereocenters. The average molecular weight is 771 g/mol. The number of carboxylic acids is 2. The predicted molar refractivity (Wildman–Crippen MR) is 217 cm³/mol. The summed E-state index contributed by atoms with van der Waals surface area (Å²) in [5, 5.41) is 20.9. The number of carbonyl (C=O) groups is 2. The minimum absolute atomic E-state index is 0.188. The van der Waals surface area contributed by atoms with Gasteiger partial charge in [0.1, 0.15) is 47.4 Å². The summed E-state index contributed by atoms with van der Waals surface area (Å²) in [4.78, 5) is 32.8. The molecule has 2 N–H and O–H groups in total. The van der Waals surface area contributed by atoms with Crippen molar-refractivity contribution in [2.45, 2.75) is 47.8 Å². The third-order valence-corrected chi connectivity index (χ3v) is 11.6. The van der Waals surface area contributed by atoms with Crippen LogP contribution < -0.4 is 9.47 Å². The van der Waals surface area contributed by atoms with Crippen molar-refractivity contribution >= 4 is 56.7 Å². The molecule has 4 aromatic heterocycles. The van der Waals surface area contributed by atoms with Crippen molar-refractivity contribution < 1.29 is 29.3 Å². The fourth-order valence-electron chi connectivity index (χ4n) is 6.20. The number of aromatic carboxylic acids is 2. The van der Waals surface area contributed by atoms with Gasteiger partial charge in [0.05, 0.1) is 22.1 Å². The van der Waals surface area contributed by atoms with Crippen molar-refractivity contribution in [1.29, 1.82) is 0 Å². The number of fused-ring (bicyclic) bond motifs is 2. The molecular weight excluding hydrogens is 733 g/mol. The third kappa shape index (κ3) is 7.73. The normalized spacial score (nSPS) is 11.1. The van der Waals surface area contributed by atoms with E-state index in [2.05, 4.69) is 16.0 Å². The SMILES string of the molecule is Cc1ccc2c(c1)ncn2-c1cc(OCc2ccccc2C)c(C(=O)O)s1.Cc1ccc2ncn(-c3sc(C(=O)O)c(OCc4ccccc4C)c3C)c2c1. The number of hydrogen-bond donors (Lipinski definition) is 2. The lowest BCUT2D eigenvalue weighted by molar-refractivity contribution is 0.0686. The molecule has 12 heteroatoms. The van der Waals surface area contributed by atoms with Crippen LogP contribution in [0, 0.1) is 34.6 Å². The predicted octanol–water partition coefficient (Wildman–Crippen LogP) is 10.3. The molecule has 55 heavy (non-hydrogen) atoms. The molecule has 0 saturated carbocycles. The lowest BCUT2D eigenvalue weighted by Gasteiger charge is -2.10. The van der Waals surface area contributed by atoms with Crippen molar-refractivity contribution in [3.05, 3.63) is 152 Å². The standard InChI is InChI=1S/C22H20N2O3S.C21H18N2O3S/c1-13-8-9-17-18(10-13)24(12-23-17)21-15(3)19(20(28-21)22(25)26)27-11-16-7-5-4-6-14(16)2;1-13-7-8-17-16(9-13)22-12-23(17)19-10-18(20(27-19)21(24)25)26-11-15-6-4-3-5-14(15)2/h4-10,12H,11H2,1-3H3,(H,25,26);3-10,12H,11H2,1-2H3,(H,24,25). The van der Waals surface area contributed by atoms with Crippen molar-refractivity contribution in [3.8, 4) is 21.5 Å². The molecule has 0 spiro atoms. The molecule has 0 unspecified atom stereocenters. The molecule has 0 aliphatic heterocycles. The number of hydrogen-bond acceptors (Lipinski definition) is 8. The zero-order valence-electron chi connectivity index (χ0n) is 30.9. The monoisotopic (exact) mass is 770 g/mol. The molecule has 10 nitrogen and oxygen atoms in total. The van der Waals surface area contributed by atoms with Gasteiger partial charge in [-0.2, -0.15) is 0 Å². The van der Waals surface area contributed by atoms with Crippen LogP contribution in [-0.2, 0) is 13.2 Å². The van der Waals surface area contributed by atoms with E-state index >= 15 is 0 Å². The Hall–Kier alpha value is -6.24. The van der Waals surface area contributed by atoms with Crippen LogP contribution in [-0.4, -0.2) is 41.3 Å². The number of ether oxygens (including phenoxy) is 2. The minimum Gasteiger partial charge on any atom is -0.487 e. The highest BCUT2D eigenvalue weighted by Crippen LogP contribution is 2.39. The Kier molecular flexibility index (Phi) is 10.5. The molecule has 278 valence electrons. The third-order valence-electron chi connectivity index (χ3n) is 9.28. The van der Waals surface area contributed by atoms with Gasteiger partial charge in [0.15, 0.2) is 9.75 Å². The lowest BCUT2D eigenvalue weighted by Crippen LogP contribution is -2.02. The molecule has 0 amide bonds. The highest BCUT2D eigenvalue weighted by molar-refractivity contribution is 7.17. The quantitative estimate of drug-likeness (QED) is 0.141. The van der Waals surface area contributed by atoms with Crippen LogP contribution in [0.15, 0.2) is 104 Å². The second-order valence-electron chi connectivity index (χ2n) is 13.2. The van der Waals surface area contributed by atoms with Crippen molar-refractivity contribution in [3.63, 3.8) is 0 Å². The highest BCUT2D eigenvalue weighted by atomic mass is 32.1. The molecule has 4 heterocycles. The molecule has 8 rings (SSSR count). The van der Waals surface area contributed by atoms with Gasteiger partial charge in [-0.1, -0.05) is 60.7 Å². The zero-order valence-corrected chi connectivity index (χ0v) is 32.5. The summed E-state index contributed by atoms with van der Waals surface area (Å²) in [6, 6.07) is 29.7. The first-order valence-electron chi connectivity index (χ1n) is 17.4. The molecular formula is C43H38N4O6S2. The molecule has 0 fully saturated rings. The van der Waals surface area contributed by atoms with Crippen LogP contribution in [0.3, 0.4) is 0 Å². The van der Waals surface area contributed by atoms with E-state index in [4.69, 9.17) is 9.47 Å². The van der Waals surface area contributed by atoms with Crippen molar-refractivity contribution in [2.75, 3.05) is 0 Å². The fraction of sp³-hybridized carbons (Fsp3) is 0.163. The minimum atomic E-state index is -0.994. The zero-order chi connectivity index (χ0) is 38.8. The lowest BCUT2D eigenvalue weighted by atomic mass is 10.1. The topological polar surface area (TPSA) is 129 Å². The molecule has 0 bridgehead atoms. The summed E-state index contributed by atoms with van der Waals surface area (Å²) in [5.41, 5.74) is 11.0. The van der Waals surface area contributed by atoms with E-state index in [1.54, 1.807) is 18.7 Å². The number of carboxylic acid groups (broad SMARTS) is 2. The fourth-order valence-corrected chi connectivity index (χ4v) is 8.20. The summed E-state index contributed by atoms with van der Waals surface area (Å²) < 4.78 is 15.7. The van der Waals surface area contributed by atoms with E-state index in [1.807, 2.05) is 123 Å². The summed E-state index contributed by atoms with van der Waals surface area (Å²) in [5.74, 6) is -1.18. The largest absolute Gasteiger partial charge is 0.487 e. The first kappa shape index (κ1) is 37.1. The maximum absolute atomic E-state index is 11.9. The molecule has 8 aromatic rings. The van der Waals surface area contributed by atoms with Gasteiger partial charge in [0, 0.05) is 11.6 Å². The average Bonchev–Trinajstić information content (AvgIpc) is 3.95. The van der Waals surface area contributed by atoms with Crippen LogP contribution in [0.4, 0.5) is 0 Å². The van der Waals surface area contributed by atoms with Crippen LogP contribution >= 0.6 is 22.7 Å². The van der Waals surface area contributed by atoms with Gasteiger partial charge in [0.2, 0.25) is 0 Å². The summed E-state index contributed by atoms with van der Waals surface area (Å²) in [6.07, 6.45) is 3.45. The Balaban J connectivity index is 0.000000169. The number of benzene rings is 4. The van der Waals surface area contributed by atoms with E-state index in [1.165, 1.54) is 22.7 Å². The van der Waals surface area contributed by atoms with E-state index in [9.17, 15) is 19.8 Å². The Morgan fingerprint density at radius 3 is 1.91 bits per heavy atom. The number of thiophene rings is 2. The van der Waals surface area contributed by atoms with E-state index < -0.39 is 11.9 Å². The van der Waals surface area contributed by atoms with Crippen LogP contribution in [0.2, 0.25) is 0 Å². The highest BCUT2D eigenvalue weighted by Gasteiger charge is 2.24. The number of rotatable bonds is 10. The Labute approximate surface area is 325 Å². The van der Waals surface area contributed by atoms with Crippen LogP contribution in [0.1, 0.15) is 58.3 Å². The first-order chi connectivity index (χ1) is 26.5. The van der Waals surface area contributed by atoms with E-state index in [-0.39, 0.29) is 9.75 Å². The maximum atomic E-state index is 11.9. The van der Waals surface area contributed by atoms with Gasteiger partial charge < -0.3 is 19.7 Å². The number of imidazole rings is 2. The van der Waals surface area contributed by atoms with Gasteiger partial charge in [0.25, 0.3) is 0 Å². The van der Waals surface area contributed by atoms with Gasteiger partial charge in [-0.3, -0.25) is 9.13 Å².